The summed E-state index contributed by atoms with van der Waals surface area (Å²) in [6.07, 6.45) is 4.86. The normalized spacial score (nSPS) is 19.2. The van der Waals surface area contributed by atoms with E-state index in [0.717, 1.165) is 52.4 Å². The number of hydrogen-bond donors (Lipinski definition) is 2. The molecule has 188 valence electrons. The second kappa shape index (κ2) is 10.7. The van der Waals surface area contributed by atoms with Crippen LogP contribution in [0.3, 0.4) is 0 Å². The van der Waals surface area contributed by atoms with Gasteiger partial charge in [0.15, 0.2) is 0 Å². The molecule has 5 rings (SSSR count). The Hall–Kier alpha value is -3.44. The van der Waals surface area contributed by atoms with Crippen molar-refractivity contribution in [3.05, 3.63) is 83.4 Å². The molecular formula is C31H35NO4. The molecule has 2 aliphatic rings. The Morgan fingerprint density at radius 1 is 0.917 bits per heavy atom. The second-order valence-electron chi connectivity index (χ2n) is 9.95. The van der Waals surface area contributed by atoms with Crippen LogP contribution in [-0.2, 0) is 0 Å². The molecule has 1 saturated heterocycles. The van der Waals surface area contributed by atoms with Crippen molar-refractivity contribution in [1.82, 2.24) is 4.90 Å². The summed E-state index contributed by atoms with van der Waals surface area (Å²) in [7, 11) is 0. The molecule has 2 atom stereocenters. The number of fused-ring (bicyclic) bond motifs is 1. The summed E-state index contributed by atoms with van der Waals surface area (Å²) in [4.78, 5) is 2.54. The summed E-state index contributed by atoms with van der Waals surface area (Å²) in [5, 5.41) is 20.2. The van der Waals surface area contributed by atoms with Crippen LogP contribution in [0.2, 0.25) is 0 Å². The Bertz CT molecular complexity index is 1230. The smallest absolute Gasteiger partial charge is 0.150 e. The maximum absolute atomic E-state index is 10.2. The van der Waals surface area contributed by atoms with Crippen molar-refractivity contribution in [1.29, 1.82) is 0 Å². The van der Waals surface area contributed by atoms with Crippen LogP contribution in [0, 0.1) is 0 Å². The molecule has 2 unspecified atom stereocenters. The minimum Gasteiger partial charge on any atom is -0.508 e. The van der Waals surface area contributed by atoms with Gasteiger partial charge in [0.25, 0.3) is 0 Å². The van der Waals surface area contributed by atoms with Crippen molar-refractivity contribution in [2.75, 3.05) is 19.7 Å². The van der Waals surface area contributed by atoms with Crippen LogP contribution in [0.5, 0.6) is 23.0 Å². The molecule has 0 aliphatic carbocycles. The van der Waals surface area contributed by atoms with Gasteiger partial charge >= 0.3 is 0 Å². The lowest BCUT2D eigenvalue weighted by Gasteiger charge is -2.31. The van der Waals surface area contributed by atoms with Gasteiger partial charge in [-0.2, -0.15) is 0 Å². The van der Waals surface area contributed by atoms with Gasteiger partial charge in [-0.3, -0.25) is 4.90 Å². The Morgan fingerprint density at radius 3 is 2.36 bits per heavy atom. The van der Waals surface area contributed by atoms with E-state index in [1.165, 1.54) is 25.7 Å². The van der Waals surface area contributed by atoms with Crippen LogP contribution >= 0.6 is 0 Å². The molecule has 1 fully saturated rings. The van der Waals surface area contributed by atoms with Gasteiger partial charge in [0.2, 0.25) is 0 Å². The number of rotatable bonds is 6. The van der Waals surface area contributed by atoms with Crippen LogP contribution in [-0.4, -0.2) is 40.9 Å². The highest BCUT2D eigenvalue weighted by Crippen LogP contribution is 2.47. The Kier molecular flexibility index (Phi) is 7.19. The molecule has 2 heterocycles. The molecule has 5 nitrogen and oxygen atoms in total. The average Bonchev–Trinajstić information content (AvgIpc) is 3.18. The molecule has 0 saturated carbocycles. The van der Waals surface area contributed by atoms with Gasteiger partial charge in [-0.05, 0) is 98.9 Å². The summed E-state index contributed by atoms with van der Waals surface area (Å²) in [5.74, 6) is 1.98. The topological polar surface area (TPSA) is 62.2 Å². The largest absolute Gasteiger partial charge is 0.508 e. The molecule has 36 heavy (non-hydrogen) atoms. The van der Waals surface area contributed by atoms with E-state index in [4.69, 9.17) is 9.47 Å². The molecule has 5 heteroatoms. The highest BCUT2D eigenvalue weighted by Gasteiger charge is 2.29. The second-order valence-corrected chi connectivity index (χ2v) is 9.95. The monoisotopic (exact) mass is 485 g/mol. The Balaban J connectivity index is 1.38. The van der Waals surface area contributed by atoms with E-state index in [0.29, 0.717) is 12.6 Å². The first-order valence-corrected chi connectivity index (χ1v) is 13.0. The number of phenolic OH excluding ortho intramolecular Hbond substituents is 2. The first kappa shape index (κ1) is 24.3. The Labute approximate surface area is 213 Å². The van der Waals surface area contributed by atoms with Crippen molar-refractivity contribution < 1.29 is 19.7 Å². The van der Waals surface area contributed by atoms with E-state index in [1.807, 2.05) is 37.3 Å². The van der Waals surface area contributed by atoms with Gasteiger partial charge in [-0.15, -0.1) is 0 Å². The van der Waals surface area contributed by atoms with E-state index in [-0.39, 0.29) is 17.6 Å². The number of likely N-dealkylation sites (tertiary alicyclic amines) is 1. The SMILES string of the molecule is CC1=C(c2cccc(O)c2)C(c2ccc(OCC(C)N3CCCCCC3)cc2)Oc2ccc(O)cc21. The van der Waals surface area contributed by atoms with E-state index < -0.39 is 0 Å². The van der Waals surface area contributed by atoms with Gasteiger partial charge in [0, 0.05) is 17.2 Å². The fourth-order valence-electron chi connectivity index (χ4n) is 5.31. The molecule has 0 spiro atoms. The van der Waals surface area contributed by atoms with Crippen LogP contribution in [0.4, 0.5) is 0 Å². The summed E-state index contributed by atoms with van der Waals surface area (Å²) in [6.45, 7) is 7.27. The van der Waals surface area contributed by atoms with Crippen molar-refractivity contribution in [3.63, 3.8) is 0 Å². The Morgan fingerprint density at radius 2 is 1.64 bits per heavy atom. The highest BCUT2D eigenvalue weighted by atomic mass is 16.5. The number of hydrogen-bond acceptors (Lipinski definition) is 5. The van der Waals surface area contributed by atoms with Gasteiger partial charge in [0.1, 0.15) is 35.7 Å². The number of allylic oxidation sites excluding steroid dienone is 1. The van der Waals surface area contributed by atoms with E-state index in [1.54, 1.807) is 24.3 Å². The van der Waals surface area contributed by atoms with Crippen LogP contribution in [0.25, 0.3) is 11.1 Å². The summed E-state index contributed by atoms with van der Waals surface area (Å²) in [5.41, 5.74) is 4.71. The lowest BCUT2D eigenvalue weighted by atomic mass is 9.86. The summed E-state index contributed by atoms with van der Waals surface area (Å²) in [6, 6.07) is 20.9. The maximum atomic E-state index is 10.2. The third kappa shape index (κ3) is 5.21. The van der Waals surface area contributed by atoms with E-state index in [2.05, 4.69) is 24.0 Å². The summed E-state index contributed by atoms with van der Waals surface area (Å²) >= 11 is 0. The number of ether oxygens (including phenoxy) is 2. The van der Waals surface area contributed by atoms with Crippen LogP contribution in [0.15, 0.2) is 66.7 Å². The molecule has 2 aliphatic heterocycles. The van der Waals surface area contributed by atoms with Gasteiger partial charge in [0.05, 0.1) is 0 Å². The summed E-state index contributed by atoms with van der Waals surface area (Å²) < 4.78 is 12.6. The van der Waals surface area contributed by atoms with Crippen LogP contribution < -0.4 is 9.47 Å². The molecule has 2 N–H and O–H groups in total. The molecule has 3 aromatic rings. The maximum Gasteiger partial charge on any atom is 0.150 e. The first-order valence-electron chi connectivity index (χ1n) is 13.0. The van der Waals surface area contributed by atoms with Crippen molar-refractivity contribution >= 4 is 11.1 Å². The molecule has 0 amide bonds. The zero-order chi connectivity index (χ0) is 25.1. The minimum atomic E-state index is -0.353. The fourth-order valence-corrected chi connectivity index (χ4v) is 5.31. The molecule has 3 aromatic carbocycles. The van der Waals surface area contributed by atoms with Crippen molar-refractivity contribution in [2.24, 2.45) is 0 Å². The lowest BCUT2D eigenvalue weighted by molar-refractivity contribution is 0.150. The first-order chi connectivity index (χ1) is 17.5. The quantitative estimate of drug-likeness (QED) is 0.402. The third-order valence-corrected chi connectivity index (χ3v) is 7.37. The van der Waals surface area contributed by atoms with Gasteiger partial charge in [-0.1, -0.05) is 37.1 Å². The lowest BCUT2D eigenvalue weighted by Crippen LogP contribution is -2.37. The van der Waals surface area contributed by atoms with E-state index >= 15 is 0 Å². The zero-order valence-corrected chi connectivity index (χ0v) is 21.1. The standard InChI is InChI=1S/C31H35NO4/c1-21(32-16-5-3-4-6-17-32)20-35-27-13-10-23(11-14-27)31-30(24-8-7-9-25(33)18-24)22(2)28-19-26(34)12-15-29(28)36-31/h7-15,18-19,21,31,33-34H,3-6,16-17,20H2,1-2H3. The van der Waals surface area contributed by atoms with Gasteiger partial charge < -0.3 is 19.7 Å². The van der Waals surface area contributed by atoms with Crippen molar-refractivity contribution in [2.45, 2.75) is 51.7 Å². The molecule has 0 aromatic heterocycles. The number of benzene rings is 3. The average molecular weight is 486 g/mol. The molecule has 0 bridgehead atoms. The fraction of sp³-hybridized carbons (Fsp3) is 0.355. The van der Waals surface area contributed by atoms with Crippen LogP contribution in [0.1, 0.15) is 62.3 Å². The molecular weight excluding hydrogens is 450 g/mol. The van der Waals surface area contributed by atoms with Gasteiger partial charge in [-0.25, -0.2) is 0 Å². The third-order valence-electron chi connectivity index (χ3n) is 7.37. The molecule has 0 radical (unpaired) electrons. The predicted octanol–water partition coefficient (Wildman–Crippen LogP) is 6.81. The van der Waals surface area contributed by atoms with Crippen molar-refractivity contribution in [3.8, 4) is 23.0 Å². The zero-order valence-electron chi connectivity index (χ0n) is 21.1. The number of aromatic hydroxyl groups is 2. The van der Waals surface area contributed by atoms with E-state index in [9.17, 15) is 10.2 Å². The minimum absolute atomic E-state index is 0.196. The highest BCUT2D eigenvalue weighted by molar-refractivity contribution is 5.95. The predicted molar refractivity (Wildman–Crippen MR) is 144 cm³/mol. The number of nitrogens with zero attached hydrogens (tertiary/aromatic N) is 1. The number of phenols is 2.